The molecule has 1 rings (SSSR count). The smallest absolute Gasteiger partial charge is 0.410 e. The van der Waals surface area contributed by atoms with Crippen LogP contribution >= 0.6 is 11.8 Å². The molecule has 0 aliphatic heterocycles. The molecule has 0 N–H and O–H groups in total. The number of benzene rings is 1. The van der Waals surface area contributed by atoms with Crippen LogP contribution in [0.15, 0.2) is 18.2 Å². The maximum Gasteiger partial charge on any atom is 0.415 e. The number of thioether (sulfide) groups is 1. The predicted molar refractivity (Wildman–Crippen MR) is 109 cm³/mol. The minimum absolute atomic E-state index is 0.110. The summed E-state index contributed by atoms with van der Waals surface area (Å²) in [5, 5.41) is 1.60. The van der Waals surface area contributed by atoms with Crippen LogP contribution in [0.3, 0.4) is 0 Å². The molecule has 1 amide bonds. The largest absolute Gasteiger partial charge is 0.415 e. The first-order chi connectivity index (χ1) is 11.0. The summed E-state index contributed by atoms with van der Waals surface area (Å²) in [5.41, 5.74) is 1.09. The van der Waals surface area contributed by atoms with Gasteiger partial charge in [-0.2, -0.15) is 11.8 Å². The fraction of sp³-hybridized carbons (Fsp3) is 0.632. The van der Waals surface area contributed by atoms with Crippen molar-refractivity contribution >= 4 is 31.1 Å². The third kappa shape index (κ3) is 5.28. The second-order valence-corrected chi connectivity index (χ2v) is 14.1. The van der Waals surface area contributed by atoms with Crippen molar-refractivity contribution < 1.29 is 9.53 Å². The van der Waals surface area contributed by atoms with Crippen molar-refractivity contribution in [2.24, 2.45) is 0 Å². The molecule has 3 nitrogen and oxygen atoms in total. The molecule has 0 saturated carbocycles. The molecule has 1 atom stereocenters. The van der Waals surface area contributed by atoms with Crippen molar-refractivity contribution in [3.63, 3.8) is 0 Å². The van der Waals surface area contributed by atoms with Crippen LogP contribution < -0.4 is 9.92 Å². The molecule has 136 valence electrons. The highest BCUT2D eigenvalue weighted by molar-refractivity contribution is 7.98. The third-order valence-corrected chi connectivity index (χ3v) is 7.20. The van der Waals surface area contributed by atoms with E-state index in [1.54, 1.807) is 16.7 Å². The summed E-state index contributed by atoms with van der Waals surface area (Å²) in [6.07, 6.45) is 1.82. The van der Waals surface area contributed by atoms with E-state index in [2.05, 4.69) is 51.0 Å². The Morgan fingerprint density at radius 2 is 1.62 bits per heavy atom. The molecule has 0 radical (unpaired) electrons. The zero-order chi connectivity index (χ0) is 18.7. The average Bonchev–Trinajstić information content (AvgIpc) is 2.44. The molecular weight excluding hydrogens is 334 g/mol. The highest BCUT2D eigenvalue weighted by Gasteiger charge is 2.25. The Balaban J connectivity index is 3.25. The molecule has 0 aliphatic carbocycles. The van der Waals surface area contributed by atoms with Gasteiger partial charge in [0.05, 0.1) is 8.07 Å². The quantitative estimate of drug-likeness (QED) is 0.641. The number of hydrogen-bond donors (Lipinski definition) is 0. The van der Waals surface area contributed by atoms with Crippen LogP contribution in [0.1, 0.15) is 45.4 Å². The summed E-state index contributed by atoms with van der Waals surface area (Å²) < 4.78 is 5.88. The number of rotatable bonds is 6. The fourth-order valence-corrected chi connectivity index (χ4v) is 4.31. The molecule has 0 aromatic heterocycles. The summed E-state index contributed by atoms with van der Waals surface area (Å²) in [6, 6.07) is 6.64. The normalized spacial score (nSPS) is 13.3. The first-order valence-corrected chi connectivity index (χ1v) is 13.4. The average molecular weight is 368 g/mol. The number of carbonyl (C=O) groups excluding carboxylic acids is 1. The first-order valence-electron chi connectivity index (χ1n) is 8.66. The SMILES string of the molecule is CS[C@@H](C)c1ccc([Si](C)(C)C)cc1OC(=O)N(C(C)C)C(C)C. The van der Waals surface area contributed by atoms with E-state index in [0.29, 0.717) is 5.75 Å². The third-order valence-electron chi connectivity index (χ3n) is 4.19. The number of hydrogen-bond acceptors (Lipinski definition) is 3. The molecule has 0 aliphatic rings. The molecule has 0 saturated heterocycles. The monoisotopic (exact) mass is 367 g/mol. The van der Waals surface area contributed by atoms with E-state index >= 15 is 0 Å². The molecule has 1 aromatic rings. The molecule has 0 bridgehead atoms. The van der Waals surface area contributed by atoms with Gasteiger partial charge >= 0.3 is 6.09 Å². The summed E-state index contributed by atoms with van der Waals surface area (Å²) in [4.78, 5) is 14.5. The Kier molecular flexibility index (Phi) is 7.41. The Bertz CT molecular complexity index is 559. The minimum atomic E-state index is -1.47. The summed E-state index contributed by atoms with van der Waals surface area (Å²) in [6.45, 7) is 17.1. The van der Waals surface area contributed by atoms with Crippen LogP contribution in [-0.4, -0.2) is 37.4 Å². The Morgan fingerprint density at radius 1 is 1.08 bits per heavy atom. The van der Waals surface area contributed by atoms with Crippen molar-refractivity contribution in [1.29, 1.82) is 0 Å². The van der Waals surface area contributed by atoms with Crippen molar-refractivity contribution in [2.45, 2.75) is 71.6 Å². The zero-order valence-corrected chi connectivity index (χ0v) is 18.5. The molecule has 5 heteroatoms. The molecule has 0 heterocycles. The van der Waals surface area contributed by atoms with Crippen LogP contribution in [0, 0.1) is 0 Å². The van der Waals surface area contributed by atoms with Gasteiger partial charge in [0, 0.05) is 22.9 Å². The van der Waals surface area contributed by atoms with Crippen molar-refractivity contribution in [1.82, 2.24) is 4.90 Å². The topological polar surface area (TPSA) is 29.5 Å². The van der Waals surface area contributed by atoms with E-state index in [9.17, 15) is 4.79 Å². The first kappa shape index (κ1) is 21.1. The van der Waals surface area contributed by atoms with Gasteiger partial charge in [0.2, 0.25) is 0 Å². The van der Waals surface area contributed by atoms with Crippen LogP contribution in [0.25, 0.3) is 0 Å². The van der Waals surface area contributed by atoms with E-state index in [4.69, 9.17) is 4.74 Å². The molecule has 24 heavy (non-hydrogen) atoms. The van der Waals surface area contributed by atoms with Gasteiger partial charge in [-0.25, -0.2) is 4.79 Å². The Morgan fingerprint density at radius 3 is 2.04 bits per heavy atom. The second kappa shape index (κ2) is 8.43. The minimum Gasteiger partial charge on any atom is -0.410 e. The molecule has 0 spiro atoms. The fourth-order valence-electron chi connectivity index (χ4n) is 2.72. The molecule has 0 fully saturated rings. The predicted octanol–water partition coefficient (Wildman–Crippen LogP) is 5.27. The van der Waals surface area contributed by atoms with Crippen molar-refractivity contribution in [3.8, 4) is 5.75 Å². The molecular formula is C19H33NO2SSi. The lowest BCUT2D eigenvalue weighted by Gasteiger charge is -2.30. The lowest BCUT2D eigenvalue weighted by molar-refractivity contribution is 0.122. The van der Waals surface area contributed by atoms with E-state index in [1.165, 1.54) is 5.19 Å². The Hall–Kier alpha value is -0.943. The molecule has 0 unspecified atom stereocenters. The van der Waals surface area contributed by atoms with Gasteiger partial charge in [0.25, 0.3) is 0 Å². The van der Waals surface area contributed by atoms with Crippen molar-refractivity contribution in [2.75, 3.05) is 6.26 Å². The summed E-state index contributed by atoms with van der Waals surface area (Å²) in [7, 11) is -1.47. The van der Waals surface area contributed by atoms with Gasteiger partial charge in [-0.1, -0.05) is 37.0 Å². The highest BCUT2D eigenvalue weighted by atomic mass is 32.2. The highest BCUT2D eigenvalue weighted by Crippen LogP contribution is 2.33. The second-order valence-electron chi connectivity index (χ2n) is 7.84. The summed E-state index contributed by atoms with van der Waals surface area (Å²) >= 11 is 1.76. The van der Waals surface area contributed by atoms with Gasteiger partial charge in [0.1, 0.15) is 5.75 Å². The number of nitrogens with zero attached hydrogens (tertiary/aromatic N) is 1. The summed E-state index contributed by atoms with van der Waals surface area (Å²) in [5.74, 6) is 0.716. The van der Waals surface area contributed by atoms with Crippen LogP contribution in [0.5, 0.6) is 5.75 Å². The van der Waals surface area contributed by atoms with E-state index < -0.39 is 8.07 Å². The van der Waals surface area contributed by atoms with Gasteiger partial charge in [-0.05, 0) is 46.9 Å². The van der Waals surface area contributed by atoms with Crippen LogP contribution in [0.4, 0.5) is 4.79 Å². The van der Waals surface area contributed by atoms with Gasteiger partial charge < -0.3 is 9.64 Å². The zero-order valence-electron chi connectivity index (χ0n) is 16.6. The van der Waals surface area contributed by atoms with Gasteiger partial charge in [-0.3, -0.25) is 0 Å². The Labute approximate surface area is 153 Å². The molecule has 1 aromatic carbocycles. The van der Waals surface area contributed by atoms with Crippen molar-refractivity contribution in [3.05, 3.63) is 23.8 Å². The number of amides is 1. The van der Waals surface area contributed by atoms with E-state index in [1.807, 2.05) is 27.7 Å². The maximum atomic E-state index is 12.7. The standard InChI is InChI=1S/C19H33NO2SSi/c1-13(2)20(14(3)4)19(21)22-18-12-16(24(7,8)9)10-11-17(18)15(5)23-6/h10-15H,1-9H3/t15-/m0/s1. The van der Waals surface area contributed by atoms with Gasteiger partial charge in [-0.15, -0.1) is 0 Å². The lowest BCUT2D eigenvalue weighted by atomic mass is 10.1. The van der Waals surface area contributed by atoms with Crippen LogP contribution in [-0.2, 0) is 0 Å². The van der Waals surface area contributed by atoms with E-state index in [-0.39, 0.29) is 23.4 Å². The number of ether oxygens (including phenoxy) is 1. The van der Waals surface area contributed by atoms with Crippen LogP contribution in [0.2, 0.25) is 19.6 Å². The lowest BCUT2D eigenvalue weighted by Crippen LogP contribution is -2.44. The number of carbonyl (C=O) groups is 1. The van der Waals surface area contributed by atoms with E-state index in [0.717, 1.165) is 5.56 Å². The van der Waals surface area contributed by atoms with Gasteiger partial charge in [0.15, 0.2) is 0 Å². The maximum absolute atomic E-state index is 12.7.